The number of ether oxygens (including phenoxy) is 2. The molecule has 0 saturated carbocycles. The van der Waals surface area contributed by atoms with Gasteiger partial charge >= 0.3 is 0 Å². The summed E-state index contributed by atoms with van der Waals surface area (Å²) in [7, 11) is 0. The molecular weight excluding hydrogens is 288 g/mol. The van der Waals surface area contributed by atoms with Gasteiger partial charge in [0.25, 0.3) is 0 Å². The largest absolute Gasteiger partial charge is 0.494 e. The van der Waals surface area contributed by atoms with Gasteiger partial charge in [-0.25, -0.2) is 0 Å². The molecule has 1 heterocycles. The highest BCUT2D eigenvalue weighted by Gasteiger charge is 2.43. The second-order valence-electron chi connectivity index (χ2n) is 4.97. The van der Waals surface area contributed by atoms with Crippen LogP contribution in [0.15, 0.2) is 24.3 Å². The van der Waals surface area contributed by atoms with Gasteiger partial charge in [-0.2, -0.15) is 0 Å². The Bertz CT molecular complexity index is 510. The number of carbonyl (C=O) groups is 1. The first-order valence-corrected chi connectivity index (χ1v) is 7.41. The number of thiocarbonyl (C=S) groups is 1. The van der Waals surface area contributed by atoms with Crippen LogP contribution in [-0.2, 0) is 9.53 Å². The summed E-state index contributed by atoms with van der Waals surface area (Å²) >= 11 is 5.12. The van der Waals surface area contributed by atoms with Crippen LogP contribution in [-0.4, -0.2) is 30.7 Å². The molecule has 1 saturated heterocycles. The minimum absolute atomic E-state index is 0.164. The Kier molecular flexibility index (Phi) is 5.14. The van der Waals surface area contributed by atoms with E-state index >= 15 is 0 Å². The first-order chi connectivity index (χ1) is 10.1. The van der Waals surface area contributed by atoms with Crippen molar-refractivity contribution < 1.29 is 14.3 Å². The van der Waals surface area contributed by atoms with E-state index in [1.165, 1.54) is 0 Å². The maximum atomic E-state index is 12.6. The molecule has 114 valence electrons. The van der Waals surface area contributed by atoms with Crippen molar-refractivity contribution in [2.45, 2.75) is 19.8 Å². The Balaban J connectivity index is 2.09. The van der Waals surface area contributed by atoms with Crippen molar-refractivity contribution in [3.05, 3.63) is 24.3 Å². The van der Waals surface area contributed by atoms with Crippen LogP contribution < -0.4 is 15.8 Å². The zero-order valence-corrected chi connectivity index (χ0v) is 12.9. The van der Waals surface area contributed by atoms with Gasteiger partial charge in [-0.3, -0.25) is 4.79 Å². The van der Waals surface area contributed by atoms with Gasteiger partial charge in [0.05, 0.1) is 11.6 Å². The van der Waals surface area contributed by atoms with Crippen LogP contribution in [0, 0.1) is 5.41 Å². The number of anilines is 1. The minimum atomic E-state index is -0.813. The van der Waals surface area contributed by atoms with E-state index in [2.05, 4.69) is 5.32 Å². The van der Waals surface area contributed by atoms with Gasteiger partial charge in [-0.15, -0.1) is 0 Å². The maximum Gasteiger partial charge on any atom is 0.237 e. The lowest BCUT2D eigenvalue weighted by Gasteiger charge is -2.34. The van der Waals surface area contributed by atoms with Crippen LogP contribution in [0.5, 0.6) is 5.75 Å². The van der Waals surface area contributed by atoms with Crippen molar-refractivity contribution in [2.75, 3.05) is 25.1 Å². The summed E-state index contributed by atoms with van der Waals surface area (Å²) in [5, 5.41) is 2.89. The second kappa shape index (κ2) is 6.87. The van der Waals surface area contributed by atoms with Crippen molar-refractivity contribution in [1.29, 1.82) is 0 Å². The molecule has 0 spiro atoms. The Morgan fingerprint density at radius 3 is 2.52 bits per heavy atom. The van der Waals surface area contributed by atoms with Gasteiger partial charge in [0, 0.05) is 18.9 Å². The maximum absolute atomic E-state index is 12.6. The normalized spacial score (nSPS) is 17.0. The Morgan fingerprint density at radius 1 is 1.38 bits per heavy atom. The summed E-state index contributed by atoms with van der Waals surface area (Å²) in [5.74, 6) is 0.605. The summed E-state index contributed by atoms with van der Waals surface area (Å²) < 4.78 is 10.7. The van der Waals surface area contributed by atoms with Crippen molar-refractivity contribution >= 4 is 28.8 Å². The van der Waals surface area contributed by atoms with Crippen LogP contribution in [0.1, 0.15) is 19.8 Å². The number of carbonyl (C=O) groups excluding carboxylic acids is 1. The Labute approximate surface area is 129 Å². The van der Waals surface area contributed by atoms with Crippen molar-refractivity contribution in [3.63, 3.8) is 0 Å². The monoisotopic (exact) mass is 308 g/mol. The minimum Gasteiger partial charge on any atom is -0.494 e. The van der Waals surface area contributed by atoms with Crippen LogP contribution >= 0.6 is 12.2 Å². The molecule has 0 radical (unpaired) electrons. The lowest BCUT2D eigenvalue weighted by Crippen LogP contribution is -2.49. The van der Waals surface area contributed by atoms with Crippen LogP contribution in [0.4, 0.5) is 5.69 Å². The SMILES string of the molecule is CCOc1ccc(NC(=O)C2(C(N)=S)CCOCC2)cc1. The van der Waals surface area contributed by atoms with Crippen molar-refractivity contribution in [3.8, 4) is 5.75 Å². The average Bonchev–Trinajstić information content (AvgIpc) is 2.50. The van der Waals surface area contributed by atoms with E-state index in [-0.39, 0.29) is 10.9 Å². The molecule has 6 heteroatoms. The van der Waals surface area contributed by atoms with Crippen molar-refractivity contribution in [2.24, 2.45) is 11.1 Å². The van der Waals surface area contributed by atoms with Gasteiger partial charge in [0.1, 0.15) is 11.2 Å². The number of rotatable bonds is 5. The third-order valence-corrected chi connectivity index (χ3v) is 4.07. The van der Waals surface area contributed by atoms with Gasteiger partial charge in [0.2, 0.25) is 5.91 Å². The highest BCUT2D eigenvalue weighted by Crippen LogP contribution is 2.32. The number of hydrogen-bond donors (Lipinski definition) is 2. The van der Waals surface area contributed by atoms with Gasteiger partial charge < -0.3 is 20.5 Å². The zero-order valence-electron chi connectivity index (χ0n) is 12.1. The molecule has 0 aliphatic carbocycles. The molecule has 2 rings (SSSR count). The molecule has 0 aromatic heterocycles. The topological polar surface area (TPSA) is 73.6 Å². The summed E-state index contributed by atoms with van der Waals surface area (Å²) in [6.45, 7) is 3.52. The molecule has 0 bridgehead atoms. The fourth-order valence-electron chi connectivity index (χ4n) is 2.36. The predicted molar refractivity (Wildman–Crippen MR) is 85.5 cm³/mol. The van der Waals surface area contributed by atoms with Gasteiger partial charge in [-0.05, 0) is 44.0 Å². The molecule has 1 fully saturated rings. The van der Waals surface area contributed by atoms with Gasteiger partial charge in [-0.1, -0.05) is 12.2 Å². The first kappa shape index (κ1) is 15.7. The van der Waals surface area contributed by atoms with E-state index in [0.29, 0.717) is 38.3 Å². The van der Waals surface area contributed by atoms with Crippen LogP contribution in [0.25, 0.3) is 0 Å². The number of nitrogens with two attached hydrogens (primary N) is 1. The van der Waals surface area contributed by atoms with Crippen LogP contribution in [0.3, 0.4) is 0 Å². The first-order valence-electron chi connectivity index (χ1n) is 7.00. The average molecular weight is 308 g/mol. The van der Waals surface area contributed by atoms with E-state index in [0.717, 1.165) is 5.75 Å². The third-order valence-electron chi connectivity index (χ3n) is 3.68. The quantitative estimate of drug-likeness (QED) is 0.815. The Morgan fingerprint density at radius 2 is 2.00 bits per heavy atom. The van der Waals surface area contributed by atoms with E-state index in [1.54, 1.807) is 12.1 Å². The summed E-state index contributed by atoms with van der Waals surface area (Å²) in [5.41, 5.74) is 5.70. The smallest absolute Gasteiger partial charge is 0.237 e. The molecule has 1 aliphatic rings. The number of benzene rings is 1. The molecule has 1 aromatic carbocycles. The van der Waals surface area contributed by atoms with E-state index in [1.807, 2.05) is 19.1 Å². The predicted octanol–water partition coefficient (Wildman–Crippen LogP) is 2.11. The highest BCUT2D eigenvalue weighted by atomic mass is 32.1. The van der Waals surface area contributed by atoms with E-state index in [9.17, 15) is 4.79 Å². The number of nitrogens with one attached hydrogen (secondary N) is 1. The molecule has 0 unspecified atom stereocenters. The fourth-order valence-corrected chi connectivity index (χ4v) is 2.65. The summed E-state index contributed by atoms with van der Waals surface area (Å²) in [6.07, 6.45) is 1.04. The molecule has 1 amide bonds. The lowest BCUT2D eigenvalue weighted by molar-refractivity contribution is -0.126. The Hall–Kier alpha value is -1.66. The van der Waals surface area contributed by atoms with Crippen molar-refractivity contribution in [1.82, 2.24) is 0 Å². The molecule has 21 heavy (non-hydrogen) atoms. The number of amides is 1. The second-order valence-corrected chi connectivity index (χ2v) is 5.41. The molecule has 0 atom stereocenters. The number of hydrogen-bond acceptors (Lipinski definition) is 4. The fraction of sp³-hybridized carbons (Fsp3) is 0.467. The molecule has 1 aliphatic heterocycles. The summed E-state index contributed by atoms with van der Waals surface area (Å²) in [4.78, 5) is 12.8. The van der Waals surface area contributed by atoms with Gasteiger partial charge in [0.15, 0.2) is 0 Å². The summed E-state index contributed by atoms with van der Waals surface area (Å²) in [6, 6.07) is 7.23. The molecule has 3 N–H and O–H groups in total. The van der Waals surface area contributed by atoms with Crippen LogP contribution in [0.2, 0.25) is 0 Å². The highest BCUT2D eigenvalue weighted by molar-refractivity contribution is 7.80. The van der Waals surface area contributed by atoms with E-state index in [4.69, 9.17) is 27.4 Å². The molecule has 1 aromatic rings. The standard InChI is InChI=1S/C15H20N2O3S/c1-2-20-12-5-3-11(4-6-12)17-14(18)15(13(16)21)7-9-19-10-8-15/h3-6H,2,7-10H2,1H3,(H2,16,21)(H,17,18). The molecule has 5 nitrogen and oxygen atoms in total. The lowest BCUT2D eigenvalue weighted by atomic mass is 9.79. The third kappa shape index (κ3) is 3.51. The molecular formula is C15H20N2O3S. The zero-order chi connectivity index (χ0) is 15.3. The van der Waals surface area contributed by atoms with E-state index < -0.39 is 5.41 Å².